The first-order valence-electron chi connectivity index (χ1n) is 9.17. The number of carbonyl (C=O) groups excluding carboxylic acids is 2. The number of hydrogen-bond donors (Lipinski definition) is 2. The monoisotopic (exact) mass is 372 g/mol. The second-order valence-electron chi connectivity index (χ2n) is 7.30. The largest absolute Gasteiger partial charge is 0.342 e. The highest BCUT2D eigenvalue weighted by Gasteiger charge is 2.39. The quantitative estimate of drug-likeness (QED) is 0.847. The number of amides is 2. The van der Waals surface area contributed by atoms with E-state index >= 15 is 0 Å². The van der Waals surface area contributed by atoms with Crippen molar-refractivity contribution < 1.29 is 14.0 Å². The second kappa shape index (κ2) is 7.90. The first-order chi connectivity index (χ1) is 12.9. The molecule has 0 unspecified atom stereocenters. The predicted octanol–water partition coefficient (Wildman–Crippen LogP) is 2.70. The zero-order valence-corrected chi connectivity index (χ0v) is 15.8. The summed E-state index contributed by atoms with van der Waals surface area (Å²) < 4.78 is 13.8. The van der Waals surface area contributed by atoms with Gasteiger partial charge in [0.2, 0.25) is 11.8 Å². The molecule has 2 N–H and O–H groups in total. The Hall–Kier alpha value is -2.70. The molecule has 2 heterocycles. The molecule has 1 aliphatic rings. The Kier molecular flexibility index (Phi) is 5.58. The minimum atomic E-state index is -1.18. The number of nitrogens with zero attached hydrogens (tertiary/aromatic N) is 2. The average Bonchev–Trinajstić information content (AvgIpc) is 3.29. The number of nitrogens with one attached hydrogen (secondary N) is 2. The number of H-pyrrole nitrogens is 1. The molecule has 1 saturated heterocycles. The maximum Gasteiger partial charge on any atom is 0.243 e. The lowest BCUT2D eigenvalue weighted by Crippen LogP contribution is -2.46. The number of halogens is 1. The summed E-state index contributed by atoms with van der Waals surface area (Å²) in [4.78, 5) is 25.9. The first-order valence-corrected chi connectivity index (χ1v) is 9.17. The van der Waals surface area contributed by atoms with Crippen LogP contribution in [0.3, 0.4) is 0 Å². The van der Waals surface area contributed by atoms with Crippen LogP contribution in [0.15, 0.2) is 36.5 Å². The molecule has 0 radical (unpaired) electrons. The molecule has 0 aliphatic carbocycles. The third-order valence-electron chi connectivity index (χ3n) is 5.01. The summed E-state index contributed by atoms with van der Waals surface area (Å²) in [6, 6.07) is 8.55. The zero-order chi connectivity index (χ0) is 19.6. The molecule has 3 atom stereocenters. The van der Waals surface area contributed by atoms with Crippen molar-refractivity contribution in [1.29, 1.82) is 0 Å². The minimum absolute atomic E-state index is 0.0212. The summed E-state index contributed by atoms with van der Waals surface area (Å²) in [5.74, 6) is -0.254. The summed E-state index contributed by atoms with van der Waals surface area (Å²) in [5, 5.41) is 9.83. The lowest BCUT2D eigenvalue weighted by atomic mass is 9.97. The van der Waals surface area contributed by atoms with Gasteiger partial charge in [-0.3, -0.25) is 14.7 Å². The molecule has 0 saturated carbocycles. The fraction of sp³-hybridized carbons (Fsp3) is 0.450. The van der Waals surface area contributed by atoms with Gasteiger partial charge in [-0.05, 0) is 23.1 Å². The number of benzene rings is 1. The van der Waals surface area contributed by atoms with Gasteiger partial charge in [-0.25, -0.2) is 4.39 Å². The molecule has 7 heteroatoms. The fourth-order valence-corrected chi connectivity index (χ4v) is 3.46. The van der Waals surface area contributed by atoms with Gasteiger partial charge in [0.05, 0.1) is 18.3 Å². The Morgan fingerprint density at radius 3 is 2.44 bits per heavy atom. The van der Waals surface area contributed by atoms with Crippen LogP contribution >= 0.6 is 0 Å². The fourth-order valence-electron chi connectivity index (χ4n) is 3.46. The SMILES string of the molecule is CC(=O)N1C[C@H](F)C[C@H]1C(=O)N[C@H](c1ccc(C(C)C)cc1)c1ccn[nH]1. The van der Waals surface area contributed by atoms with E-state index in [0.29, 0.717) is 5.92 Å². The van der Waals surface area contributed by atoms with E-state index in [-0.39, 0.29) is 24.8 Å². The molecular formula is C20H25FN4O2. The molecule has 1 fully saturated rings. The van der Waals surface area contributed by atoms with E-state index in [1.807, 2.05) is 24.3 Å². The van der Waals surface area contributed by atoms with Crippen LogP contribution < -0.4 is 5.32 Å². The van der Waals surface area contributed by atoms with Gasteiger partial charge in [0, 0.05) is 19.5 Å². The van der Waals surface area contributed by atoms with Crippen LogP contribution in [0.25, 0.3) is 0 Å². The Labute approximate surface area is 158 Å². The number of carbonyl (C=O) groups is 2. The van der Waals surface area contributed by atoms with Gasteiger partial charge >= 0.3 is 0 Å². The Bertz CT molecular complexity index is 789. The Morgan fingerprint density at radius 2 is 1.89 bits per heavy atom. The van der Waals surface area contributed by atoms with Crippen LogP contribution in [0.5, 0.6) is 0 Å². The van der Waals surface area contributed by atoms with Gasteiger partial charge in [-0.1, -0.05) is 38.1 Å². The van der Waals surface area contributed by atoms with Crippen molar-refractivity contribution in [2.75, 3.05) is 6.54 Å². The van der Waals surface area contributed by atoms with E-state index in [4.69, 9.17) is 0 Å². The summed E-state index contributed by atoms with van der Waals surface area (Å²) in [6.45, 7) is 5.56. The number of rotatable bonds is 5. The topological polar surface area (TPSA) is 78.1 Å². The number of likely N-dealkylation sites (tertiary alicyclic amines) is 1. The van der Waals surface area contributed by atoms with Crippen molar-refractivity contribution in [3.05, 3.63) is 53.3 Å². The van der Waals surface area contributed by atoms with Crippen molar-refractivity contribution in [3.8, 4) is 0 Å². The highest BCUT2D eigenvalue weighted by molar-refractivity contribution is 5.88. The summed E-state index contributed by atoms with van der Waals surface area (Å²) in [6.07, 6.45) is 0.458. The molecule has 27 heavy (non-hydrogen) atoms. The molecular weight excluding hydrogens is 347 g/mol. The van der Waals surface area contributed by atoms with Gasteiger partial charge in [-0.2, -0.15) is 5.10 Å². The molecule has 0 bridgehead atoms. The van der Waals surface area contributed by atoms with E-state index in [0.717, 1.165) is 11.3 Å². The van der Waals surface area contributed by atoms with Gasteiger partial charge in [0.1, 0.15) is 12.2 Å². The summed E-state index contributed by atoms with van der Waals surface area (Å²) in [5.41, 5.74) is 2.82. The predicted molar refractivity (Wildman–Crippen MR) is 99.8 cm³/mol. The van der Waals surface area contributed by atoms with Gasteiger partial charge < -0.3 is 10.2 Å². The van der Waals surface area contributed by atoms with Crippen LogP contribution in [-0.4, -0.2) is 45.7 Å². The summed E-state index contributed by atoms with van der Waals surface area (Å²) >= 11 is 0. The number of hydrogen-bond acceptors (Lipinski definition) is 3. The van der Waals surface area contributed by atoms with E-state index in [9.17, 15) is 14.0 Å². The van der Waals surface area contributed by atoms with Gasteiger partial charge in [0.15, 0.2) is 0 Å². The van der Waals surface area contributed by atoms with Crippen LogP contribution in [0.4, 0.5) is 4.39 Å². The van der Waals surface area contributed by atoms with Gasteiger partial charge in [0.25, 0.3) is 0 Å². The molecule has 1 aliphatic heterocycles. The third kappa shape index (κ3) is 4.18. The van der Waals surface area contributed by atoms with Crippen molar-refractivity contribution >= 4 is 11.8 Å². The maximum absolute atomic E-state index is 13.8. The van der Waals surface area contributed by atoms with Crippen molar-refractivity contribution in [2.45, 2.75) is 51.4 Å². The number of aromatic amines is 1. The lowest BCUT2D eigenvalue weighted by Gasteiger charge is -2.25. The molecule has 2 amide bonds. The van der Waals surface area contributed by atoms with Crippen LogP contribution in [0, 0.1) is 0 Å². The second-order valence-corrected chi connectivity index (χ2v) is 7.30. The molecule has 1 aromatic carbocycles. The van der Waals surface area contributed by atoms with Gasteiger partial charge in [-0.15, -0.1) is 0 Å². The molecule has 2 aromatic rings. The van der Waals surface area contributed by atoms with Crippen LogP contribution in [0.2, 0.25) is 0 Å². The Balaban J connectivity index is 1.84. The van der Waals surface area contributed by atoms with E-state index in [1.165, 1.54) is 17.4 Å². The molecule has 1 aromatic heterocycles. The lowest BCUT2D eigenvalue weighted by molar-refractivity contribution is -0.137. The maximum atomic E-state index is 13.8. The standard InChI is InChI=1S/C20H25FN4O2/c1-12(2)14-4-6-15(7-5-14)19(17-8-9-22-24-17)23-20(27)18-10-16(21)11-25(18)13(3)26/h4-9,12,16,18-19H,10-11H2,1-3H3,(H,22,24)(H,23,27)/t16-,18+,19-/m1/s1. The molecule has 0 spiro atoms. The average molecular weight is 372 g/mol. The number of alkyl halides is 1. The minimum Gasteiger partial charge on any atom is -0.342 e. The molecule has 144 valence electrons. The highest BCUT2D eigenvalue weighted by atomic mass is 19.1. The van der Waals surface area contributed by atoms with Crippen molar-refractivity contribution in [1.82, 2.24) is 20.4 Å². The third-order valence-corrected chi connectivity index (χ3v) is 5.01. The summed E-state index contributed by atoms with van der Waals surface area (Å²) in [7, 11) is 0. The zero-order valence-electron chi connectivity index (χ0n) is 15.8. The van der Waals surface area contributed by atoms with Crippen molar-refractivity contribution in [2.24, 2.45) is 0 Å². The smallest absolute Gasteiger partial charge is 0.243 e. The van der Waals surface area contributed by atoms with E-state index < -0.39 is 18.3 Å². The van der Waals surface area contributed by atoms with Crippen LogP contribution in [0.1, 0.15) is 56.0 Å². The van der Waals surface area contributed by atoms with Crippen LogP contribution in [-0.2, 0) is 9.59 Å². The van der Waals surface area contributed by atoms with E-state index in [1.54, 1.807) is 12.3 Å². The first kappa shape index (κ1) is 19.1. The van der Waals surface area contributed by atoms with E-state index in [2.05, 4.69) is 29.4 Å². The van der Waals surface area contributed by atoms with Crippen molar-refractivity contribution in [3.63, 3.8) is 0 Å². The molecule has 6 nitrogen and oxygen atoms in total. The Morgan fingerprint density at radius 1 is 1.22 bits per heavy atom. The number of aromatic nitrogens is 2. The normalized spacial score (nSPS) is 20.7. The highest BCUT2D eigenvalue weighted by Crippen LogP contribution is 2.26. The molecule has 3 rings (SSSR count).